The van der Waals surface area contributed by atoms with Gasteiger partial charge in [0.2, 0.25) is 5.89 Å². The first-order valence-corrected chi connectivity index (χ1v) is 7.93. The number of ether oxygens (including phenoxy) is 1. The second kappa shape index (κ2) is 5.30. The van der Waals surface area contributed by atoms with E-state index in [-0.39, 0.29) is 5.41 Å². The number of thiophene rings is 1. The molecule has 1 fully saturated rings. The fraction of sp³-hybridized carbons (Fsp3) is 0.600. The van der Waals surface area contributed by atoms with Crippen molar-refractivity contribution in [3.8, 4) is 0 Å². The number of aryl methyl sites for hydroxylation is 1. The third-order valence-corrected chi connectivity index (χ3v) is 4.88. The van der Waals surface area contributed by atoms with Gasteiger partial charge < -0.3 is 9.26 Å². The summed E-state index contributed by atoms with van der Waals surface area (Å²) in [7, 11) is 0. The third-order valence-electron chi connectivity index (χ3n) is 4.02. The van der Waals surface area contributed by atoms with Gasteiger partial charge in [0.05, 0.1) is 5.41 Å². The molecule has 5 heteroatoms. The fourth-order valence-corrected chi connectivity index (χ4v) is 3.38. The molecule has 0 amide bonds. The van der Waals surface area contributed by atoms with E-state index in [1.54, 1.807) is 11.3 Å². The first kappa shape index (κ1) is 13.8. The standard InChI is InChI=1S/C15H20N2O2S/c1-10-8-12(9-20-10)15(2,3)14-16-13(17-19-14)11-4-6-18-7-5-11/h8-9,11H,4-7H2,1-3H3. The molecule has 0 spiro atoms. The highest BCUT2D eigenvalue weighted by atomic mass is 32.1. The van der Waals surface area contributed by atoms with Crippen LogP contribution in [0.15, 0.2) is 16.0 Å². The van der Waals surface area contributed by atoms with Crippen molar-refractivity contribution in [3.63, 3.8) is 0 Å². The lowest BCUT2D eigenvalue weighted by atomic mass is 9.86. The van der Waals surface area contributed by atoms with Gasteiger partial charge in [-0.2, -0.15) is 4.98 Å². The summed E-state index contributed by atoms with van der Waals surface area (Å²) >= 11 is 1.75. The van der Waals surface area contributed by atoms with Gasteiger partial charge >= 0.3 is 0 Å². The van der Waals surface area contributed by atoms with Crippen LogP contribution in [0, 0.1) is 6.92 Å². The maximum atomic E-state index is 5.55. The average Bonchev–Trinajstić information content (AvgIpc) is 3.09. The van der Waals surface area contributed by atoms with Gasteiger partial charge in [0, 0.05) is 24.0 Å². The summed E-state index contributed by atoms with van der Waals surface area (Å²) in [6.45, 7) is 7.97. The van der Waals surface area contributed by atoms with Crippen LogP contribution < -0.4 is 0 Å². The molecule has 4 nitrogen and oxygen atoms in total. The maximum absolute atomic E-state index is 5.55. The monoisotopic (exact) mass is 292 g/mol. The van der Waals surface area contributed by atoms with Crippen LogP contribution >= 0.6 is 11.3 Å². The van der Waals surface area contributed by atoms with E-state index in [9.17, 15) is 0 Å². The second-order valence-corrected chi connectivity index (χ2v) is 7.03. The van der Waals surface area contributed by atoms with Gasteiger partial charge in [-0.25, -0.2) is 0 Å². The Hall–Kier alpha value is -1.20. The van der Waals surface area contributed by atoms with Crippen LogP contribution in [-0.4, -0.2) is 23.4 Å². The van der Waals surface area contributed by atoms with Gasteiger partial charge in [0.25, 0.3) is 0 Å². The highest BCUT2D eigenvalue weighted by Gasteiger charge is 2.32. The van der Waals surface area contributed by atoms with Crippen LogP contribution in [0.2, 0.25) is 0 Å². The summed E-state index contributed by atoms with van der Waals surface area (Å²) in [4.78, 5) is 5.97. The lowest BCUT2D eigenvalue weighted by Crippen LogP contribution is -2.19. The van der Waals surface area contributed by atoms with Gasteiger partial charge in [0.1, 0.15) is 0 Å². The van der Waals surface area contributed by atoms with E-state index in [0.29, 0.717) is 11.8 Å². The molecule has 3 rings (SSSR count). The quantitative estimate of drug-likeness (QED) is 0.866. The Kier molecular flexibility index (Phi) is 3.65. The molecular weight excluding hydrogens is 272 g/mol. The highest BCUT2D eigenvalue weighted by molar-refractivity contribution is 7.10. The zero-order valence-corrected chi connectivity index (χ0v) is 13.0. The summed E-state index contributed by atoms with van der Waals surface area (Å²) in [6.07, 6.45) is 1.97. The Morgan fingerprint density at radius 3 is 2.70 bits per heavy atom. The van der Waals surface area contributed by atoms with Gasteiger partial charge in [-0.15, -0.1) is 11.3 Å². The Bertz CT molecular complexity index is 582. The third kappa shape index (κ3) is 2.52. The van der Waals surface area contributed by atoms with Gasteiger partial charge in [0.15, 0.2) is 5.82 Å². The number of nitrogens with zero attached hydrogens (tertiary/aromatic N) is 2. The molecule has 0 bridgehead atoms. The Labute approximate surface area is 123 Å². The first-order chi connectivity index (χ1) is 9.57. The molecule has 2 aromatic rings. The van der Waals surface area contributed by atoms with Gasteiger partial charge in [-0.1, -0.05) is 5.16 Å². The van der Waals surface area contributed by atoms with Crippen LogP contribution in [0.25, 0.3) is 0 Å². The molecule has 2 aromatic heterocycles. The molecule has 0 atom stereocenters. The van der Waals surface area contributed by atoms with E-state index in [0.717, 1.165) is 31.9 Å². The molecule has 0 radical (unpaired) electrons. The molecule has 0 aliphatic carbocycles. The summed E-state index contributed by atoms with van der Waals surface area (Å²) in [5.41, 5.74) is 1.00. The van der Waals surface area contributed by atoms with Crippen molar-refractivity contribution >= 4 is 11.3 Å². The van der Waals surface area contributed by atoms with E-state index in [1.807, 2.05) is 0 Å². The molecule has 0 N–H and O–H groups in total. The Morgan fingerprint density at radius 2 is 2.05 bits per heavy atom. The van der Waals surface area contributed by atoms with Crippen molar-refractivity contribution in [1.82, 2.24) is 10.1 Å². The molecule has 1 aliphatic heterocycles. The number of hydrogen-bond acceptors (Lipinski definition) is 5. The van der Waals surface area contributed by atoms with Crippen molar-refractivity contribution < 1.29 is 9.26 Å². The number of rotatable bonds is 3. The van der Waals surface area contributed by atoms with Crippen LogP contribution in [-0.2, 0) is 10.2 Å². The van der Waals surface area contributed by atoms with E-state index in [4.69, 9.17) is 9.26 Å². The van der Waals surface area contributed by atoms with Crippen LogP contribution in [0.4, 0.5) is 0 Å². The predicted molar refractivity (Wildman–Crippen MR) is 78.3 cm³/mol. The Balaban J connectivity index is 1.85. The zero-order valence-electron chi connectivity index (χ0n) is 12.2. The van der Waals surface area contributed by atoms with Crippen molar-refractivity contribution in [3.05, 3.63) is 33.6 Å². The molecular formula is C15H20N2O2S. The zero-order chi connectivity index (χ0) is 14.2. The molecule has 20 heavy (non-hydrogen) atoms. The molecule has 1 saturated heterocycles. The molecule has 0 unspecified atom stereocenters. The Morgan fingerprint density at radius 1 is 1.30 bits per heavy atom. The second-order valence-electron chi connectivity index (χ2n) is 5.92. The minimum atomic E-state index is -0.235. The van der Waals surface area contributed by atoms with Crippen molar-refractivity contribution in [2.45, 2.75) is 44.9 Å². The summed E-state index contributed by atoms with van der Waals surface area (Å²) in [5.74, 6) is 1.92. The summed E-state index contributed by atoms with van der Waals surface area (Å²) < 4.78 is 10.9. The van der Waals surface area contributed by atoms with E-state index >= 15 is 0 Å². The summed E-state index contributed by atoms with van der Waals surface area (Å²) in [6, 6.07) is 2.20. The van der Waals surface area contributed by atoms with Crippen molar-refractivity contribution in [2.75, 3.05) is 13.2 Å². The van der Waals surface area contributed by atoms with Crippen molar-refractivity contribution in [1.29, 1.82) is 0 Å². The fourth-order valence-electron chi connectivity index (χ4n) is 2.50. The largest absolute Gasteiger partial charge is 0.381 e. The number of hydrogen-bond donors (Lipinski definition) is 0. The van der Waals surface area contributed by atoms with E-state index < -0.39 is 0 Å². The molecule has 0 aromatic carbocycles. The molecule has 0 saturated carbocycles. The first-order valence-electron chi connectivity index (χ1n) is 7.05. The van der Waals surface area contributed by atoms with Gasteiger partial charge in [-0.3, -0.25) is 0 Å². The van der Waals surface area contributed by atoms with E-state index in [1.165, 1.54) is 10.4 Å². The smallest absolute Gasteiger partial charge is 0.236 e. The predicted octanol–water partition coefficient (Wildman–Crippen LogP) is 3.66. The lowest BCUT2D eigenvalue weighted by Gasteiger charge is -2.19. The van der Waals surface area contributed by atoms with E-state index in [2.05, 4.69) is 42.4 Å². The lowest BCUT2D eigenvalue weighted by molar-refractivity contribution is 0.0830. The van der Waals surface area contributed by atoms with Crippen LogP contribution in [0.3, 0.4) is 0 Å². The average molecular weight is 292 g/mol. The van der Waals surface area contributed by atoms with Crippen LogP contribution in [0.1, 0.15) is 54.8 Å². The SMILES string of the molecule is Cc1cc(C(C)(C)c2nc(C3CCOCC3)no2)cs1. The minimum absolute atomic E-state index is 0.235. The molecule has 1 aliphatic rings. The normalized spacial score (nSPS) is 17.6. The van der Waals surface area contributed by atoms with Crippen LogP contribution in [0.5, 0.6) is 0 Å². The highest BCUT2D eigenvalue weighted by Crippen LogP contribution is 2.34. The number of aromatic nitrogens is 2. The van der Waals surface area contributed by atoms with Gasteiger partial charge in [-0.05, 0) is 50.6 Å². The maximum Gasteiger partial charge on any atom is 0.236 e. The topological polar surface area (TPSA) is 48.2 Å². The summed E-state index contributed by atoms with van der Waals surface area (Å²) in [5, 5.41) is 6.37. The molecule has 3 heterocycles. The minimum Gasteiger partial charge on any atom is -0.381 e. The molecule has 108 valence electrons. The van der Waals surface area contributed by atoms with Crippen molar-refractivity contribution in [2.24, 2.45) is 0 Å².